The molecular formula is C10H15BrO2. The van der Waals surface area contributed by atoms with Crippen LogP contribution in [0.4, 0.5) is 0 Å². The van der Waals surface area contributed by atoms with E-state index in [1.165, 1.54) is 6.92 Å². The van der Waals surface area contributed by atoms with E-state index in [-0.39, 0.29) is 17.5 Å². The Morgan fingerprint density at radius 2 is 2.08 bits per heavy atom. The molecule has 0 aromatic rings. The molecule has 74 valence electrons. The Morgan fingerprint density at radius 1 is 1.54 bits per heavy atom. The van der Waals surface area contributed by atoms with Crippen LogP contribution in [-0.2, 0) is 9.53 Å². The van der Waals surface area contributed by atoms with E-state index in [1.807, 2.05) is 20.8 Å². The maximum atomic E-state index is 10.8. The first-order valence-electron chi connectivity index (χ1n) is 4.09. The van der Waals surface area contributed by atoms with Crippen molar-refractivity contribution in [1.29, 1.82) is 0 Å². The van der Waals surface area contributed by atoms with E-state index in [4.69, 9.17) is 4.74 Å². The summed E-state index contributed by atoms with van der Waals surface area (Å²) in [7, 11) is 0. The average Bonchev–Trinajstić information content (AvgIpc) is 1.95. The van der Waals surface area contributed by atoms with E-state index in [9.17, 15) is 4.79 Å². The standard InChI is InChI=1S/C10H15BrO2/c1-8(12)13-9(6-5-7-11)10(2,3)4/h9H,7H2,1-4H3/t9-/m1/s1. The monoisotopic (exact) mass is 246 g/mol. The lowest BCUT2D eigenvalue weighted by atomic mass is 9.89. The van der Waals surface area contributed by atoms with E-state index in [2.05, 4.69) is 27.8 Å². The van der Waals surface area contributed by atoms with Gasteiger partial charge in [-0.15, -0.1) is 0 Å². The molecule has 0 radical (unpaired) electrons. The van der Waals surface area contributed by atoms with Gasteiger partial charge in [-0.05, 0) is 0 Å². The van der Waals surface area contributed by atoms with E-state index in [1.54, 1.807) is 0 Å². The third kappa shape index (κ3) is 5.70. The molecule has 0 saturated carbocycles. The van der Waals surface area contributed by atoms with Crippen LogP contribution in [-0.4, -0.2) is 17.4 Å². The van der Waals surface area contributed by atoms with Crippen molar-refractivity contribution in [2.45, 2.75) is 33.8 Å². The second-order valence-electron chi connectivity index (χ2n) is 3.81. The third-order valence-corrected chi connectivity index (χ3v) is 1.65. The predicted octanol–water partition coefficient (Wildman–Crippen LogP) is 2.36. The minimum absolute atomic E-state index is 0.138. The van der Waals surface area contributed by atoms with Crippen molar-refractivity contribution in [2.24, 2.45) is 5.41 Å². The highest BCUT2D eigenvalue weighted by molar-refractivity contribution is 9.09. The molecule has 0 heterocycles. The first kappa shape index (κ1) is 12.5. The Labute approximate surface area is 88.2 Å². The number of carbonyl (C=O) groups excluding carboxylic acids is 1. The highest BCUT2D eigenvalue weighted by atomic mass is 79.9. The summed E-state index contributed by atoms with van der Waals surface area (Å²) in [5.74, 6) is 5.46. The average molecular weight is 247 g/mol. The lowest BCUT2D eigenvalue weighted by molar-refractivity contribution is -0.147. The van der Waals surface area contributed by atoms with Gasteiger partial charge < -0.3 is 4.74 Å². The van der Waals surface area contributed by atoms with Crippen molar-refractivity contribution in [2.75, 3.05) is 5.33 Å². The molecule has 0 fully saturated rings. The second kappa shape index (κ2) is 5.29. The number of rotatable bonds is 1. The number of hydrogen-bond donors (Lipinski definition) is 0. The molecule has 0 saturated heterocycles. The summed E-state index contributed by atoms with van der Waals surface area (Å²) in [5.41, 5.74) is -0.138. The molecule has 0 aliphatic carbocycles. The number of alkyl halides is 1. The molecule has 3 heteroatoms. The van der Waals surface area contributed by atoms with Gasteiger partial charge in [-0.2, -0.15) is 0 Å². The number of hydrogen-bond acceptors (Lipinski definition) is 2. The molecule has 0 amide bonds. The molecular weight excluding hydrogens is 232 g/mol. The summed E-state index contributed by atoms with van der Waals surface area (Å²) in [6.07, 6.45) is -0.331. The van der Waals surface area contributed by atoms with Crippen LogP contribution in [0.5, 0.6) is 0 Å². The van der Waals surface area contributed by atoms with Gasteiger partial charge >= 0.3 is 5.97 Å². The van der Waals surface area contributed by atoms with Gasteiger partial charge in [0.25, 0.3) is 0 Å². The molecule has 0 unspecified atom stereocenters. The minimum Gasteiger partial charge on any atom is -0.449 e. The summed E-state index contributed by atoms with van der Waals surface area (Å²) in [6, 6.07) is 0. The molecule has 0 rings (SSSR count). The van der Waals surface area contributed by atoms with Gasteiger partial charge in [-0.3, -0.25) is 4.79 Å². The summed E-state index contributed by atoms with van der Waals surface area (Å²) in [5, 5.41) is 0.598. The molecule has 0 N–H and O–H groups in total. The zero-order valence-electron chi connectivity index (χ0n) is 8.48. The Bertz CT molecular complexity index is 230. The molecule has 0 aliphatic rings. The van der Waals surface area contributed by atoms with Gasteiger partial charge in [-0.25, -0.2) is 0 Å². The zero-order valence-corrected chi connectivity index (χ0v) is 10.1. The van der Waals surface area contributed by atoms with E-state index in [0.29, 0.717) is 5.33 Å². The Kier molecular flexibility index (Phi) is 5.09. The van der Waals surface area contributed by atoms with Gasteiger partial charge in [0.1, 0.15) is 0 Å². The molecule has 0 spiro atoms. The van der Waals surface area contributed by atoms with Crippen LogP contribution in [0.25, 0.3) is 0 Å². The van der Waals surface area contributed by atoms with Gasteiger partial charge in [0.15, 0.2) is 6.10 Å². The van der Waals surface area contributed by atoms with Gasteiger partial charge in [0, 0.05) is 12.3 Å². The fraction of sp³-hybridized carbons (Fsp3) is 0.700. The van der Waals surface area contributed by atoms with Crippen LogP contribution < -0.4 is 0 Å². The molecule has 0 aliphatic heterocycles. The normalized spacial score (nSPS) is 12.7. The number of halogens is 1. The lowest BCUT2D eigenvalue weighted by Crippen LogP contribution is -2.29. The molecule has 1 atom stereocenters. The Balaban J connectivity index is 4.47. The third-order valence-electron chi connectivity index (χ3n) is 1.37. The smallest absolute Gasteiger partial charge is 0.303 e. The van der Waals surface area contributed by atoms with Crippen molar-refractivity contribution in [3.05, 3.63) is 0 Å². The predicted molar refractivity (Wildman–Crippen MR) is 56.6 cm³/mol. The largest absolute Gasteiger partial charge is 0.449 e. The highest BCUT2D eigenvalue weighted by Crippen LogP contribution is 2.21. The summed E-state index contributed by atoms with van der Waals surface area (Å²) < 4.78 is 5.08. The maximum Gasteiger partial charge on any atom is 0.303 e. The fourth-order valence-corrected chi connectivity index (χ4v) is 0.882. The zero-order chi connectivity index (χ0) is 10.5. The first-order valence-corrected chi connectivity index (χ1v) is 5.21. The van der Waals surface area contributed by atoms with Crippen molar-refractivity contribution in [3.8, 4) is 11.8 Å². The van der Waals surface area contributed by atoms with Crippen LogP contribution in [0.15, 0.2) is 0 Å². The molecule has 0 aromatic heterocycles. The topological polar surface area (TPSA) is 26.3 Å². The van der Waals surface area contributed by atoms with Crippen molar-refractivity contribution < 1.29 is 9.53 Å². The van der Waals surface area contributed by atoms with Gasteiger partial charge in [0.05, 0.1) is 5.33 Å². The van der Waals surface area contributed by atoms with Crippen molar-refractivity contribution in [3.63, 3.8) is 0 Å². The number of ether oxygens (including phenoxy) is 1. The van der Waals surface area contributed by atoms with E-state index in [0.717, 1.165) is 0 Å². The Hall–Kier alpha value is -0.490. The van der Waals surface area contributed by atoms with Crippen LogP contribution in [0, 0.1) is 17.3 Å². The molecule has 13 heavy (non-hydrogen) atoms. The van der Waals surface area contributed by atoms with Gasteiger partial charge in [0.2, 0.25) is 0 Å². The second-order valence-corrected chi connectivity index (χ2v) is 4.37. The molecule has 0 bridgehead atoms. The van der Waals surface area contributed by atoms with Crippen LogP contribution in [0.1, 0.15) is 27.7 Å². The summed E-state index contributed by atoms with van der Waals surface area (Å²) in [6.45, 7) is 7.37. The minimum atomic E-state index is -0.331. The van der Waals surface area contributed by atoms with Crippen LogP contribution >= 0.6 is 15.9 Å². The van der Waals surface area contributed by atoms with Crippen molar-refractivity contribution >= 4 is 21.9 Å². The van der Waals surface area contributed by atoms with E-state index >= 15 is 0 Å². The molecule has 0 aromatic carbocycles. The first-order chi connectivity index (χ1) is 5.88. The SMILES string of the molecule is CC(=O)O[C@H](C#CCBr)C(C)(C)C. The van der Waals surface area contributed by atoms with Crippen LogP contribution in [0.3, 0.4) is 0 Å². The summed E-state index contributed by atoms with van der Waals surface area (Å²) >= 11 is 3.20. The highest BCUT2D eigenvalue weighted by Gasteiger charge is 2.25. The number of esters is 1. The lowest BCUT2D eigenvalue weighted by Gasteiger charge is -2.25. The fourth-order valence-electron chi connectivity index (χ4n) is 0.720. The van der Waals surface area contributed by atoms with Gasteiger partial charge in [-0.1, -0.05) is 48.5 Å². The summed E-state index contributed by atoms with van der Waals surface area (Å²) in [4.78, 5) is 10.8. The van der Waals surface area contributed by atoms with E-state index < -0.39 is 0 Å². The quantitative estimate of drug-likeness (QED) is 0.404. The van der Waals surface area contributed by atoms with Crippen molar-refractivity contribution in [1.82, 2.24) is 0 Å². The van der Waals surface area contributed by atoms with Crippen LogP contribution in [0.2, 0.25) is 0 Å². The molecule has 2 nitrogen and oxygen atoms in total. The number of carbonyl (C=O) groups is 1. The Morgan fingerprint density at radius 3 is 2.38 bits per heavy atom. The maximum absolute atomic E-state index is 10.8.